The standard InChI is InChI=1S/C22H24N2O4S/c1-16-20(12-13-23(2)22(25)26)21(15-24(16)18-9-5-4-6-10-18)17-8-7-11-19(14-17)29(3,27)28/h4-11,14-15H,12-13H2,1-3H3,(H,25,26). The molecule has 0 aliphatic heterocycles. The second-order valence-electron chi connectivity index (χ2n) is 7.07. The summed E-state index contributed by atoms with van der Waals surface area (Å²) in [6.45, 7) is 2.33. The third kappa shape index (κ3) is 4.51. The van der Waals surface area contributed by atoms with E-state index >= 15 is 0 Å². The Balaban J connectivity index is 2.13. The van der Waals surface area contributed by atoms with Crippen molar-refractivity contribution in [1.82, 2.24) is 9.47 Å². The molecule has 1 aromatic heterocycles. The highest BCUT2D eigenvalue weighted by atomic mass is 32.2. The number of carbonyl (C=O) groups is 1. The fourth-order valence-corrected chi connectivity index (χ4v) is 4.00. The van der Waals surface area contributed by atoms with Gasteiger partial charge in [-0.05, 0) is 48.7 Å². The zero-order valence-electron chi connectivity index (χ0n) is 16.7. The third-order valence-electron chi connectivity index (χ3n) is 5.01. The predicted molar refractivity (Wildman–Crippen MR) is 113 cm³/mol. The lowest BCUT2D eigenvalue weighted by Crippen LogP contribution is -2.27. The van der Waals surface area contributed by atoms with Gasteiger partial charge in [0.25, 0.3) is 0 Å². The monoisotopic (exact) mass is 412 g/mol. The van der Waals surface area contributed by atoms with Gasteiger partial charge in [-0.25, -0.2) is 13.2 Å². The van der Waals surface area contributed by atoms with Crippen LogP contribution in [-0.2, 0) is 16.3 Å². The van der Waals surface area contributed by atoms with Crippen LogP contribution in [0.2, 0.25) is 0 Å². The van der Waals surface area contributed by atoms with Crippen LogP contribution >= 0.6 is 0 Å². The molecule has 1 heterocycles. The number of hydrogen-bond donors (Lipinski definition) is 1. The largest absolute Gasteiger partial charge is 0.465 e. The highest BCUT2D eigenvalue weighted by Crippen LogP contribution is 2.32. The average molecular weight is 413 g/mol. The van der Waals surface area contributed by atoms with Crippen molar-refractivity contribution in [2.24, 2.45) is 0 Å². The summed E-state index contributed by atoms with van der Waals surface area (Å²) in [4.78, 5) is 12.7. The minimum Gasteiger partial charge on any atom is -0.465 e. The molecular weight excluding hydrogens is 388 g/mol. The fourth-order valence-electron chi connectivity index (χ4n) is 3.33. The van der Waals surface area contributed by atoms with Crippen LogP contribution in [0, 0.1) is 6.92 Å². The van der Waals surface area contributed by atoms with Gasteiger partial charge >= 0.3 is 6.09 Å². The number of nitrogens with zero attached hydrogens (tertiary/aromatic N) is 2. The molecule has 7 heteroatoms. The Labute approximate surface area is 170 Å². The van der Waals surface area contributed by atoms with Gasteiger partial charge in [0.05, 0.1) is 4.90 Å². The molecule has 0 radical (unpaired) electrons. The van der Waals surface area contributed by atoms with Gasteiger partial charge in [-0.1, -0.05) is 30.3 Å². The van der Waals surface area contributed by atoms with Crippen LogP contribution in [0.25, 0.3) is 16.8 Å². The molecule has 0 unspecified atom stereocenters. The van der Waals surface area contributed by atoms with Crippen molar-refractivity contribution in [1.29, 1.82) is 0 Å². The van der Waals surface area contributed by atoms with Gasteiger partial charge in [0.1, 0.15) is 0 Å². The van der Waals surface area contributed by atoms with E-state index in [1.807, 2.05) is 49.5 Å². The van der Waals surface area contributed by atoms with Crippen molar-refractivity contribution < 1.29 is 18.3 Å². The number of hydrogen-bond acceptors (Lipinski definition) is 3. The molecule has 1 amide bonds. The first-order valence-electron chi connectivity index (χ1n) is 9.19. The zero-order valence-corrected chi connectivity index (χ0v) is 17.5. The lowest BCUT2D eigenvalue weighted by molar-refractivity contribution is 0.156. The summed E-state index contributed by atoms with van der Waals surface area (Å²) in [6, 6.07) is 16.7. The molecule has 0 aliphatic carbocycles. The van der Waals surface area contributed by atoms with Gasteiger partial charge in [-0.15, -0.1) is 0 Å². The normalized spacial score (nSPS) is 11.4. The number of benzene rings is 2. The highest BCUT2D eigenvalue weighted by Gasteiger charge is 2.18. The SMILES string of the molecule is Cc1c(CCN(C)C(=O)O)c(-c2cccc(S(C)(=O)=O)c2)cn1-c1ccccc1. The Bertz CT molecular complexity index is 1130. The molecule has 0 atom stereocenters. The maximum Gasteiger partial charge on any atom is 0.407 e. The number of carboxylic acid groups (broad SMARTS) is 1. The van der Waals surface area contributed by atoms with Crippen LogP contribution in [0.4, 0.5) is 4.79 Å². The number of aromatic nitrogens is 1. The molecule has 0 bridgehead atoms. The van der Waals surface area contributed by atoms with E-state index in [0.29, 0.717) is 13.0 Å². The highest BCUT2D eigenvalue weighted by molar-refractivity contribution is 7.90. The van der Waals surface area contributed by atoms with E-state index in [9.17, 15) is 18.3 Å². The van der Waals surface area contributed by atoms with Crippen LogP contribution < -0.4 is 0 Å². The minimum absolute atomic E-state index is 0.258. The van der Waals surface area contributed by atoms with Crippen molar-refractivity contribution >= 4 is 15.9 Å². The van der Waals surface area contributed by atoms with E-state index in [1.165, 1.54) is 18.2 Å². The molecule has 29 heavy (non-hydrogen) atoms. The summed E-state index contributed by atoms with van der Waals surface area (Å²) in [5, 5.41) is 9.18. The van der Waals surface area contributed by atoms with Gasteiger partial charge in [0, 0.05) is 43.0 Å². The van der Waals surface area contributed by atoms with Crippen molar-refractivity contribution in [3.63, 3.8) is 0 Å². The Morgan fingerprint density at radius 3 is 2.41 bits per heavy atom. The summed E-state index contributed by atoms with van der Waals surface area (Å²) >= 11 is 0. The molecule has 0 aliphatic rings. The maximum atomic E-state index is 12.0. The lowest BCUT2D eigenvalue weighted by atomic mass is 10.0. The molecular formula is C22H24N2O4S. The van der Waals surface area contributed by atoms with Crippen LogP contribution in [0.5, 0.6) is 0 Å². The van der Waals surface area contributed by atoms with Gasteiger partial charge in [0.15, 0.2) is 9.84 Å². The van der Waals surface area contributed by atoms with Crippen LogP contribution in [0.15, 0.2) is 65.7 Å². The zero-order chi connectivity index (χ0) is 21.2. The predicted octanol–water partition coefficient (Wildman–Crippen LogP) is 4.01. The quantitative estimate of drug-likeness (QED) is 0.663. The molecule has 1 N–H and O–H groups in total. The number of para-hydroxylation sites is 1. The van der Waals surface area contributed by atoms with Crippen molar-refractivity contribution in [3.8, 4) is 16.8 Å². The van der Waals surface area contributed by atoms with Gasteiger partial charge in [0.2, 0.25) is 0 Å². The molecule has 0 spiro atoms. The van der Waals surface area contributed by atoms with Crippen molar-refractivity contribution in [2.45, 2.75) is 18.2 Å². The van der Waals surface area contributed by atoms with Crippen molar-refractivity contribution in [3.05, 3.63) is 72.1 Å². The second kappa shape index (κ2) is 8.13. The first kappa shape index (κ1) is 20.7. The van der Waals surface area contributed by atoms with Crippen LogP contribution in [0.3, 0.4) is 0 Å². The summed E-state index contributed by atoms with van der Waals surface area (Å²) in [7, 11) is -1.79. The Kier molecular flexibility index (Phi) is 5.79. The van der Waals surface area contributed by atoms with E-state index in [0.717, 1.165) is 28.1 Å². The first-order chi connectivity index (χ1) is 13.7. The summed E-state index contributed by atoms with van der Waals surface area (Å²) in [5.74, 6) is 0. The van der Waals surface area contributed by atoms with Gasteiger partial charge in [-0.2, -0.15) is 0 Å². The Morgan fingerprint density at radius 1 is 1.10 bits per heavy atom. The molecule has 6 nitrogen and oxygen atoms in total. The topological polar surface area (TPSA) is 79.6 Å². The fraction of sp³-hybridized carbons (Fsp3) is 0.227. The van der Waals surface area contributed by atoms with E-state index < -0.39 is 15.9 Å². The Morgan fingerprint density at radius 2 is 1.79 bits per heavy atom. The molecule has 0 saturated heterocycles. The molecule has 3 aromatic rings. The Hall–Kier alpha value is -3.06. The molecule has 3 rings (SSSR count). The molecule has 0 fully saturated rings. The molecule has 2 aromatic carbocycles. The van der Waals surface area contributed by atoms with Crippen LogP contribution in [0.1, 0.15) is 11.3 Å². The lowest BCUT2D eigenvalue weighted by Gasteiger charge is -2.14. The summed E-state index contributed by atoms with van der Waals surface area (Å²) in [6.07, 6.45) is 2.72. The number of rotatable bonds is 6. The van der Waals surface area contributed by atoms with E-state index in [4.69, 9.17) is 0 Å². The summed E-state index contributed by atoms with van der Waals surface area (Å²) < 4.78 is 26.1. The smallest absolute Gasteiger partial charge is 0.407 e. The van der Waals surface area contributed by atoms with E-state index in [2.05, 4.69) is 4.57 Å². The second-order valence-corrected chi connectivity index (χ2v) is 9.08. The summed E-state index contributed by atoms with van der Waals surface area (Å²) in [5.41, 5.74) is 4.67. The maximum absolute atomic E-state index is 12.0. The third-order valence-corrected chi connectivity index (χ3v) is 6.12. The first-order valence-corrected chi connectivity index (χ1v) is 11.1. The molecule has 152 valence electrons. The molecule has 0 saturated carbocycles. The number of likely N-dealkylation sites (N-methyl/N-ethyl adjacent to an activating group) is 1. The average Bonchev–Trinajstić information content (AvgIpc) is 3.02. The minimum atomic E-state index is -3.33. The number of amides is 1. The number of sulfone groups is 1. The van der Waals surface area contributed by atoms with Gasteiger partial charge < -0.3 is 14.6 Å². The van der Waals surface area contributed by atoms with Crippen LogP contribution in [-0.4, -0.2) is 48.9 Å². The van der Waals surface area contributed by atoms with Gasteiger partial charge in [-0.3, -0.25) is 0 Å². The van der Waals surface area contributed by atoms with E-state index in [1.54, 1.807) is 18.2 Å². The van der Waals surface area contributed by atoms with E-state index in [-0.39, 0.29) is 4.90 Å². The van der Waals surface area contributed by atoms with Crippen molar-refractivity contribution in [2.75, 3.05) is 19.8 Å².